The molecule has 0 fully saturated rings. The van der Waals surface area contributed by atoms with Crippen molar-refractivity contribution in [2.75, 3.05) is 25.5 Å². The topological polar surface area (TPSA) is 35.6 Å². The first-order valence-corrected chi connectivity index (χ1v) is 6.79. The van der Waals surface area contributed by atoms with Crippen LogP contribution in [0.25, 0.3) is 0 Å². The third kappa shape index (κ3) is 2.89. The van der Waals surface area contributed by atoms with E-state index in [1.807, 2.05) is 33.2 Å². The molecule has 0 aliphatic carbocycles. The van der Waals surface area contributed by atoms with Gasteiger partial charge in [-0.2, -0.15) is 0 Å². The number of likely N-dealkylation sites (N-methyl/N-ethyl adjacent to an activating group) is 1. The van der Waals surface area contributed by atoms with Gasteiger partial charge in [0.25, 0.3) is 0 Å². The molecule has 2 unspecified atom stereocenters. The Bertz CT molecular complexity index is 458. The summed E-state index contributed by atoms with van der Waals surface area (Å²) in [4.78, 5) is 16.1. The van der Waals surface area contributed by atoms with Gasteiger partial charge in [-0.1, -0.05) is 18.2 Å². The molecule has 1 aliphatic rings. The number of fused-ring (bicyclic) bond motifs is 1. The number of hydrogen-bond donors (Lipinski definition) is 1. The summed E-state index contributed by atoms with van der Waals surface area (Å²) in [6, 6.07) is 8.54. The van der Waals surface area contributed by atoms with Gasteiger partial charge in [-0.05, 0) is 25.5 Å². The van der Waals surface area contributed by atoms with Crippen molar-refractivity contribution in [3.8, 4) is 0 Å². The Morgan fingerprint density at radius 1 is 1.42 bits per heavy atom. The molecule has 19 heavy (non-hydrogen) atoms. The number of carbonyl (C=O) groups is 1. The second kappa shape index (κ2) is 5.61. The lowest BCUT2D eigenvalue weighted by atomic mass is 10.1. The lowest BCUT2D eigenvalue weighted by molar-refractivity contribution is -0.129. The quantitative estimate of drug-likeness (QED) is 0.875. The molecule has 1 amide bonds. The third-order valence-electron chi connectivity index (χ3n) is 3.68. The van der Waals surface area contributed by atoms with Crippen LogP contribution in [0, 0.1) is 0 Å². The lowest BCUT2D eigenvalue weighted by Crippen LogP contribution is -2.48. The van der Waals surface area contributed by atoms with Gasteiger partial charge in [0.15, 0.2) is 0 Å². The second-order valence-corrected chi connectivity index (χ2v) is 5.47. The molecule has 104 valence electrons. The maximum atomic E-state index is 12.2. The van der Waals surface area contributed by atoms with Gasteiger partial charge in [-0.3, -0.25) is 4.79 Å². The minimum atomic E-state index is -0.140. The maximum absolute atomic E-state index is 12.2. The number of hydrogen-bond acceptors (Lipinski definition) is 3. The van der Waals surface area contributed by atoms with Gasteiger partial charge >= 0.3 is 0 Å². The zero-order valence-electron chi connectivity index (χ0n) is 12.2. The number of para-hydroxylation sites is 1. The predicted octanol–water partition coefficient (Wildman–Crippen LogP) is 1.46. The molecule has 0 spiro atoms. The monoisotopic (exact) mass is 261 g/mol. The van der Waals surface area contributed by atoms with Crippen LogP contribution < -0.4 is 10.2 Å². The van der Waals surface area contributed by atoms with E-state index in [9.17, 15) is 4.79 Å². The predicted molar refractivity (Wildman–Crippen MR) is 78.2 cm³/mol. The van der Waals surface area contributed by atoms with Crippen molar-refractivity contribution < 1.29 is 4.79 Å². The average molecular weight is 261 g/mol. The normalized spacial score (nSPS) is 20.4. The van der Waals surface area contributed by atoms with Crippen LogP contribution in [0.15, 0.2) is 24.3 Å². The minimum Gasteiger partial charge on any atom is -0.358 e. The number of carbonyl (C=O) groups excluding carboxylic acids is 1. The molecular formula is C15H23N3O. The fourth-order valence-electron chi connectivity index (χ4n) is 2.56. The molecule has 0 saturated carbocycles. The van der Waals surface area contributed by atoms with Crippen LogP contribution in [0.5, 0.6) is 0 Å². The van der Waals surface area contributed by atoms with Crippen LogP contribution in [-0.2, 0) is 11.3 Å². The number of benzene rings is 1. The van der Waals surface area contributed by atoms with Gasteiger partial charge < -0.3 is 15.1 Å². The summed E-state index contributed by atoms with van der Waals surface area (Å²) in [5.41, 5.74) is 2.42. The first kappa shape index (κ1) is 13.9. The Hall–Kier alpha value is -1.55. The van der Waals surface area contributed by atoms with E-state index >= 15 is 0 Å². The smallest absolute Gasteiger partial charge is 0.244 e. The van der Waals surface area contributed by atoms with Gasteiger partial charge in [0.2, 0.25) is 5.91 Å². The highest BCUT2D eigenvalue weighted by atomic mass is 16.2. The first-order chi connectivity index (χ1) is 9.00. The summed E-state index contributed by atoms with van der Waals surface area (Å²) < 4.78 is 0. The molecule has 1 heterocycles. The van der Waals surface area contributed by atoms with Crippen LogP contribution in [0.3, 0.4) is 0 Å². The molecule has 4 nitrogen and oxygen atoms in total. The summed E-state index contributed by atoms with van der Waals surface area (Å²) >= 11 is 0. The molecule has 0 bridgehead atoms. The molecule has 0 saturated heterocycles. The van der Waals surface area contributed by atoms with Crippen molar-refractivity contribution in [2.45, 2.75) is 32.5 Å². The number of amides is 1. The van der Waals surface area contributed by atoms with E-state index in [0.717, 1.165) is 13.1 Å². The Kier molecular flexibility index (Phi) is 4.10. The van der Waals surface area contributed by atoms with Gasteiger partial charge in [-0.15, -0.1) is 0 Å². The zero-order valence-corrected chi connectivity index (χ0v) is 12.2. The van der Waals surface area contributed by atoms with E-state index in [1.54, 1.807) is 4.90 Å². The summed E-state index contributed by atoms with van der Waals surface area (Å²) in [6.45, 7) is 5.84. The largest absolute Gasteiger partial charge is 0.358 e. The molecule has 2 atom stereocenters. The Morgan fingerprint density at radius 3 is 2.79 bits per heavy atom. The summed E-state index contributed by atoms with van der Waals surface area (Å²) in [7, 11) is 3.62. The van der Waals surface area contributed by atoms with Crippen LogP contribution in [0.4, 0.5) is 5.69 Å². The Morgan fingerprint density at radius 2 is 2.11 bits per heavy atom. The Labute approximate surface area is 115 Å². The first-order valence-electron chi connectivity index (χ1n) is 6.79. The molecule has 4 heteroatoms. The van der Waals surface area contributed by atoms with Crippen molar-refractivity contribution in [1.29, 1.82) is 0 Å². The molecular weight excluding hydrogens is 238 g/mol. The van der Waals surface area contributed by atoms with E-state index < -0.39 is 0 Å². The minimum absolute atomic E-state index is 0.140. The summed E-state index contributed by atoms with van der Waals surface area (Å²) in [5.74, 6) is 0.143. The highest BCUT2D eigenvalue weighted by Gasteiger charge is 2.27. The van der Waals surface area contributed by atoms with Crippen molar-refractivity contribution in [3.05, 3.63) is 29.8 Å². The number of nitrogens with zero attached hydrogens (tertiary/aromatic N) is 2. The highest BCUT2D eigenvalue weighted by molar-refractivity contribution is 5.85. The molecule has 1 aromatic rings. The van der Waals surface area contributed by atoms with Crippen molar-refractivity contribution in [1.82, 2.24) is 10.2 Å². The fourth-order valence-corrected chi connectivity index (χ4v) is 2.56. The number of anilines is 1. The summed E-state index contributed by atoms with van der Waals surface area (Å²) in [5, 5.41) is 3.49. The molecule has 1 aromatic carbocycles. The van der Waals surface area contributed by atoms with Crippen molar-refractivity contribution >= 4 is 11.6 Å². The van der Waals surface area contributed by atoms with Gasteiger partial charge in [0, 0.05) is 38.9 Å². The average Bonchev–Trinajstić information content (AvgIpc) is 2.57. The number of rotatable bonds is 2. The molecule has 1 N–H and O–H groups in total. The SMILES string of the molecule is CC1CN(C(C)C(=O)N(C)C)c2ccccc2CN1. The molecule has 2 rings (SSSR count). The van der Waals surface area contributed by atoms with Crippen LogP contribution >= 0.6 is 0 Å². The molecule has 0 radical (unpaired) electrons. The van der Waals surface area contributed by atoms with E-state index in [4.69, 9.17) is 0 Å². The van der Waals surface area contributed by atoms with E-state index in [-0.39, 0.29) is 11.9 Å². The third-order valence-corrected chi connectivity index (χ3v) is 3.68. The lowest BCUT2D eigenvalue weighted by Gasteiger charge is -2.33. The van der Waals surface area contributed by atoms with E-state index in [0.29, 0.717) is 6.04 Å². The second-order valence-electron chi connectivity index (χ2n) is 5.47. The summed E-state index contributed by atoms with van der Waals surface area (Å²) in [6.07, 6.45) is 0. The van der Waals surface area contributed by atoms with Gasteiger partial charge in [0.1, 0.15) is 6.04 Å². The Balaban J connectivity index is 2.34. The van der Waals surface area contributed by atoms with Crippen LogP contribution in [-0.4, -0.2) is 43.5 Å². The maximum Gasteiger partial charge on any atom is 0.244 e. The van der Waals surface area contributed by atoms with Crippen LogP contribution in [0.1, 0.15) is 19.4 Å². The standard InChI is InChI=1S/C15H23N3O/c1-11-10-18(12(2)15(19)17(3)4)14-8-6-5-7-13(14)9-16-11/h5-8,11-12,16H,9-10H2,1-4H3. The molecule has 0 aromatic heterocycles. The zero-order chi connectivity index (χ0) is 14.0. The molecule has 1 aliphatic heterocycles. The van der Waals surface area contributed by atoms with Crippen molar-refractivity contribution in [3.63, 3.8) is 0 Å². The van der Waals surface area contributed by atoms with Crippen molar-refractivity contribution in [2.24, 2.45) is 0 Å². The van der Waals surface area contributed by atoms with Crippen LogP contribution in [0.2, 0.25) is 0 Å². The van der Waals surface area contributed by atoms with E-state index in [1.165, 1.54) is 11.3 Å². The highest BCUT2D eigenvalue weighted by Crippen LogP contribution is 2.25. The number of nitrogens with one attached hydrogen (secondary N) is 1. The van der Waals surface area contributed by atoms with Gasteiger partial charge in [0.05, 0.1) is 0 Å². The van der Waals surface area contributed by atoms with Gasteiger partial charge in [-0.25, -0.2) is 0 Å². The fraction of sp³-hybridized carbons (Fsp3) is 0.533. The van der Waals surface area contributed by atoms with E-state index in [2.05, 4.69) is 29.3 Å².